The molecule has 0 saturated heterocycles. The molecule has 16 heavy (non-hydrogen) atoms. The van der Waals surface area contributed by atoms with E-state index >= 15 is 0 Å². The minimum absolute atomic E-state index is 0.0638. The van der Waals surface area contributed by atoms with Gasteiger partial charge in [0.25, 0.3) is 0 Å². The minimum Gasteiger partial charge on any atom is -0.468 e. The molecule has 0 unspecified atom stereocenters. The molecule has 2 N–H and O–H groups in total. The number of rotatable bonds is 9. The molecule has 0 aromatic heterocycles. The lowest BCUT2D eigenvalue weighted by atomic mass is 10.3. The van der Waals surface area contributed by atoms with Gasteiger partial charge in [0, 0.05) is 18.7 Å². The number of esters is 1. The van der Waals surface area contributed by atoms with Gasteiger partial charge in [-0.1, -0.05) is 0 Å². The van der Waals surface area contributed by atoms with Gasteiger partial charge in [-0.15, -0.1) is 11.8 Å². The third-order valence-corrected chi connectivity index (χ3v) is 2.78. The second kappa shape index (κ2) is 10.8. The fraction of sp³-hybridized carbons (Fsp3) is 0.800. The van der Waals surface area contributed by atoms with Gasteiger partial charge in [-0.05, 0) is 20.0 Å². The second-order valence-electron chi connectivity index (χ2n) is 3.19. The Labute approximate surface area is 101 Å². The van der Waals surface area contributed by atoms with Crippen LogP contribution in [0, 0.1) is 0 Å². The highest BCUT2D eigenvalue weighted by atomic mass is 32.2. The average molecular weight is 248 g/mol. The summed E-state index contributed by atoms with van der Waals surface area (Å²) in [6.45, 7) is 1.45. The van der Waals surface area contributed by atoms with E-state index < -0.39 is 0 Å². The van der Waals surface area contributed by atoms with Gasteiger partial charge in [-0.25, -0.2) is 0 Å². The van der Waals surface area contributed by atoms with Crippen LogP contribution in [0.4, 0.5) is 0 Å². The highest BCUT2D eigenvalue weighted by molar-refractivity contribution is 7.99. The summed E-state index contributed by atoms with van der Waals surface area (Å²) in [6.07, 6.45) is 1.39. The fourth-order valence-electron chi connectivity index (χ4n) is 0.991. The van der Waals surface area contributed by atoms with E-state index in [1.165, 1.54) is 18.9 Å². The van der Waals surface area contributed by atoms with Crippen LogP contribution in [-0.2, 0) is 14.3 Å². The molecule has 0 aliphatic heterocycles. The summed E-state index contributed by atoms with van der Waals surface area (Å²) >= 11 is 1.45. The maximum Gasteiger partial charge on any atom is 0.315 e. The van der Waals surface area contributed by atoms with Gasteiger partial charge in [-0.2, -0.15) is 0 Å². The molecule has 5 nitrogen and oxygen atoms in total. The van der Waals surface area contributed by atoms with Crippen molar-refractivity contribution < 1.29 is 14.3 Å². The number of carbonyl (C=O) groups is 2. The van der Waals surface area contributed by atoms with Gasteiger partial charge < -0.3 is 15.4 Å². The van der Waals surface area contributed by atoms with Crippen molar-refractivity contribution in [1.82, 2.24) is 10.6 Å². The molecule has 0 aliphatic rings. The van der Waals surface area contributed by atoms with Crippen LogP contribution in [0.3, 0.4) is 0 Å². The van der Waals surface area contributed by atoms with Crippen molar-refractivity contribution in [3.63, 3.8) is 0 Å². The molecule has 0 fully saturated rings. The highest BCUT2D eigenvalue weighted by Crippen LogP contribution is 1.98. The maximum atomic E-state index is 11.2. The van der Waals surface area contributed by atoms with E-state index in [0.29, 0.717) is 18.7 Å². The Morgan fingerprint density at radius 3 is 2.69 bits per heavy atom. The largest absolute Gasteiger partial charge is 0.468 e. The number of hydrogen-bond acceptors (Lipinski definition) is 5. The van der Waals surface area contributed by atoms with Crippen molar-refractivity contribution in [2.75, 3.05) is 38.8 Å². The molecule has 0 rings (SSSR count). The quantitative estimate of drug-likeness (QED) is 0.444. The molecule has 0 saturated carbocycles. The first kappa shape index (κ1) is 15.2. The first-order valence-electron chi connectivity index (χ1n) is 5.26. The van der Waals surface area contributed by atoms with Gasteiger partial charge in [0.2, 0.25) is 5.91 Å². The average Bonchev–Trinajstić information content (AvgIpc) is 2.28. The number of hydrogen-bond donors (Lipinski definition) is 2. The predicted octanol–water partition coefficient (Wildman–Crippen LogP) is 0.00840. The summed E-state index contributed by atoms with van der Waals surface area (Å²) in [5.74, 6) is 0.901. The zero-order valence-corrected chi connectivity index (χ0v) is 10.7. The Bertz CT molecular complexity index is 212. The smallest absolute Gasteiger partial charge is 0.315 e. The zero-order chi connectivity index (χ0) is 12.2. The molecule has 0 atom stereocenters. The van der Waals surface area contributed by atoms with Gasteiger partial charge in [0.1, 0.15) is 0 Å². The zero-order valence-electron chi connectivity index (χ0n) is 9.88. The predicted molar refractivity (Wildman–Crippen MR) is 65.5 cm³/mol. The molecule has 0 radical (unpaired) electrons. The molecule has 0 bridgehead atoms. The summed E-state index contributed by atoms with van der Waals surface area (Å²) in [7, 11) is 3.23. The third kappa shape index (κ3) is 9.79. The molecule has 0 spiro atoms. The van der Waals surface area contributed by atoms with Gasteiger partial charge in [0.05, 0.1) is 12.9 Å². The first-order valence-corrected chi connectivity index (χ1v) is 6.42. The molecule has 0 aromatic carbocycles. The highest BCUT2D eigenvalue weighted by Gasteiger charge is 2.01. The minimum atomic E-state index is -0.231. The molecular weight excluding hydrogens is 228 g/mol. The van der Waals surface area contributed by atoms with Crippen LogP contribution in [0.1, 0.15) is 12.8 Å². The topological polar surface area (TPSA) is 67.4 Å². The molecule has 6 heteroatoms. The van der Waals surface area contributed by atoms with Gasteiger partial charge in [0.15, 0.2) is 0 Å². The van der Waals surface area contributed by atoms with E-state index in [0.717, 1.165) is 18.7 Å². The van der Waals surface area contributed by atoms with E-state index in [1.807, 2.05) is 7.05 Å². The van der Waals surface area contributed by atoms with E-state index in [2.05, 4.69) is 15.4 Å². The van der Waals surface area contributed by atoms with Crippen molar-refractivity contribution >= 4 is 23.6 Å². The van der Waals surface area contributed by atoms with Crippen molar-refractivity contribution in [3.05, 3.63) is 0 Å². The maximum absolute atomic E-state index is 11.2. The number of carbonyl (C=O) groups excluding carboxylic acids is 2. The van der Waals surface area contributed by atoms with Crippen LogP contribution in [0.15, 0.2) is 0 Å². The summed E-state index contributed by atoms with van der Waals surface area (Å²) in [4.78, 5) is 22.0. The summed E-state index contributed by atoms with van der Waals surface area (Å²) in [6, 6.07) is 0. The molecular formula is C10H20N2O3S. The van der Waals surface area contributed by atoms with Crippen LogP contribution in [0.25, 0.3) is 0 Å². The molecule has 1 amide bonds. The third-order valence-electron chi connectivity index (χ3n) is 1.85. The standard InChI is InChI=1S/C10H20N2O3S/c1-11-5-3-4-9(13)12-6-7-16-8-10(14)15-2/h11H,3-8H2,1-2H3,(H,12,13). The summed E-state index contributed by atoms with van der Waals surface area (Å²) < 4.78 is 4.49. The Kier molecular flexibility index (Phi) is 10.3. The molecule has 94 valence electrons. The van der Waals surface area contributed by atoms with Crippen LogP contribution in [-0.4, -0.2) is 50.6 Å². The van der Waals surface area contributed by atoms with Gasteiger partial charge >= 0.3 is 5.97 Å². The van der Waals surface area contributed by atoms with Crippen LogP contribution >= 0.6 is 11.8 Å². The number of methoxy groups -OCH3 is 1. The van der Waals surface area contributed by atoms with E-state index in [-0.39, 0.29) is 11.9 Å². The van der Waals surface area contributed by atoms with E-state index in [4.69, 9.17) is 0 Å². The normalized spacial score (nSPS) is 9.88. The monoisotopic (exact) mass is 248 g/mol. The van der Waals surface area contributed by atoms with Crippen molar-refractivity contribution in [3.8, 4) is 0 Å². The molecule has 0 aliphatic carbocycles. The lowest BCUT2D eigenvalue weighted by molar-refractivity contribution is -0.137. The number of nitrogens with one attached hydrogen (secondary N) is 2. The first-order chi connectivity index (χ1) is 7.70. The Balaban J connectivity index is 3.24. The Morgan fingerprint density at radius 2 is 2.06 bits per heavy atom. The van der Waals surface area contributed by atoms with Crippen molar-refractivity contribution in [2.45, 2.75) is 12.8 Å². The summed E-state index contributed by atoms with van der Waals surface area (Å²) in [5, 5.41) is 5.78. The van der Waals surface area contributed by atoms with Crippen LogP contribution < -0.4 is 10.6 Å². The van der Waals surface area contributed by atoms with Crippen molar-refractivity contribution in [2.24, 2.45) is 0 Å². The summed E-state index contributed by atoms with van der Waals surface area (Å²) in [5.41, 5.74) is 0. The van der Waals surface area contributed by atoms with Crippen molar-refractivity contribution in [1.29, 1.82) is 0 Å². The SMILES string of the molecule is CNCCCC(=O)NCCSCC(=O)OC. The Morgan fingerprint density at radius 1 is 1.31 bits per heavy atom. The molecule has 0 aromatic rings. The number of thioether (sulfide) groups is 1. The molecule has 0 heterocycles. The van der Waals surface area contributed by atoms with Crippen LogP contribution in [0.5, 0.6) is 0 Å². The van der Waals surface area contributed by atoms with Gasteiger partial charge in [-0.3, -0.25) is 9.59 Å². The second-order valence-corrected chi connectivity index (χ2v) is 4.29. The lowest BCUT2D eigenvalue weighted by Crippen LogP contribution is -2.26. The Hall–Kier alpha value is -0.750. The fourth-order valence-corrected chi connectivity index (χ4v) is 1.67. The van der Waals surface area contributed by atoms with E-state index in [9.17, 15) is 9.59 Å². The lowest BCUT2D eigenvalue weighted by Gasteiger charge is -2.04. The van der Waals surface area contributed by atoms with E-state index in [1.54, 1.807) is 0 Å². The number of ether oxygens (including phenoxy) is 1. The number of amides is 1. The van der Waals surface area contributed by atoms with Crippen LogP contribution in [0.2, 0.25) is 0 Å².